The summed E-state index contributed by atoms with van der Waals surface area (Å²) in [4.78, 5) is 17.8. The lowest BCUT2D eigenvalue weighted by Crippen LogP contribution is -2.44. The quantitative estimate of drug-likeness (QED) is 0.576. The van der Waals surface area contributed by atoms with Crippen molar-refractivity contribution in [1.29, 1.82) is 0 Å². The SMILES string of the molecule is O=C(OCc1ccccc1)N1C[C@H](O)[C@@H](N(CCc2ccccc2)Cc2cccs2)C1. The molecule has 162 valence electrons. The lowest BCUT2D eigenvalue weighted by atomic mass is 10.1. The summed E-state index contributed by atoms with van der Waals surface area (Å²) >= 11 is 1.72. The number of amides is 1. The second kappa shape index (κ2) is 10.6. The van der Waals surface area contributed by atoms with Crippen LogP contribution in [0.2, 0.25) is 0 Å². The van der Waals surface area contributed by atoms with Crippen LogP contribution in [0.1, 0.15) is 16.0 Å². The van der Waals surface area contributed by atoms with Gasteiger partial charge in [0.15, 0.2) is 0 Å². The monoisotopic (exact) mass is 436 g/mol. The van der Waals surface area contributed by atoms with Crippen molar-refractivity contribution in [3.8, 4) is 0 Å². The molecule has 1 fully saturated rings. The first-order chi connectivity index (χ1) is 15.2. The zero-order valence-corrected chi connectivity index (χ0v) is 18.3. The second-order valence-corrected chi connectivity index (χ2v) is 8.90. The van der Waals surface area contributed by atoms with Crippen LogP contribution in [0.15, 0.2) is 78.2 Å². The fraction of sp³-hybridized carbons (Fsp3) is 0.320. The number of hydrogen-bond acceptors (Lipinski definition) is 5. The molecule has 1 saturated heterocycles. The van der Waals surface area contributed by atoms with E-state index in [1.54, 1.807) is 16.2 Å². The Morgan fingerprint density at radius 1 is 1.00 bits per heavy atom. The Bertz CT molecular complexity index is 934. The van der Waals surface area contributed by atoms with E-state index >= 15 is 0 Å². The van der Waals surface area contributed by atoms with Gasteiger partial charge in [-0.15, -0.1) is 11.3 Å². The summed E-state index contributed by atoms with van der Waals surface area (Å²) in [6.07, 6.45) is -0.0713. The maximum absolute atomic E-state index is 12.6. The third-order valence-electron chi connectivity index (χ3n) is 5.66. The third-order valence-corrected chi connectivity index (χ3v) is 6.52. The fourth-order valence-corrected chi connectivity index (χ4v) is 4.70. The number of aliphatic hydroxyl groups excluding tert-OH is 1. The number of likely N-dealkylation sites (tertiary alicyclic amines) is 1. The van der Waals surface area contributed by atoms with Crippen LogP contribution in [-0.2, 0) is 24.3 Å². The van der Waals surface area contributed by atoms with Crippen molar-refractivity contribution in [2.24, 2.45) is 0 Å². The molecule has 5 nitrogen and oxygen atoms in total. The Morgan fingerprint density at radius 2 is 1.71 bits per heavy atom. The lowest BCUT2D eigenvalue weighted by molar-refractivity contribution is 0.0788. The van der Waals surface area contributed by atoms with E-state index in [1.165, 1.54) is 10.4 Å². The first kappa shape index (κ1) is 21.6. The molecule has 1 amide bonds. The van der Waals surface area contributed by atoms with Gasteiger partial charge in [-0.1, -0.05) is 66.7 Å². The molecule has 1 N–H and O–H groups in total. The molecule has 2 atom stereocenters. The van der Waals surface area contributed by atoms with Crippen molar-refractivity contribution in [3.63, 3.8) is 0 Å². The zero-order chi connectivity index (χ0) is 21.5. The predicted molar refractivity (Wildman–Crippen MR) is 123 cm³/mol. The van der Waals surface area contributed by atoms with Gasteiger partial charge in [0.05, 0.1) is 18.7 Å². The number of carbonyl (C=O) groups is 1. The van der Waals surface area contributed by atoms with E-state index < -0.39 is 6.10 Å². The summed E-state index contributed by atoms with van der Waals surface area (Å²) in [6, 6.07) is 24.1. The number of nitrogens with zero attached hydrogens (tertiary/aromatic N) is 2. The number of benzene rings is 2. The molecule has 4 rings (SSSR count). The number of ether oxygens (including phenoxy) is 1. The van der Waals surface area contributed by atoms with E-state index in [0.717, 1.165) is 25.1 Å². The molecular weight excluding hydrogens is 408 g/mol. The van der Waals surface area contributed by atoms with Gasteiger partial charge < -0.3 is 14.7 Å². The summed E-state index contributed by atoms with van der Waals surface area (Å²) in [5.41, 5.74) is 2.22. The molecule has 3 aromatic rings. The Labute approximate surface area is 187 Å². The minimum absolute atomic E-state index is 0.116. The van der Waals surface area contributed by atoms with Gasteiger partial charge in [-0.2, -0.15) is 0 Å². The Balaban J connectivity index is 1.39. The van der Waals surface area contributed by atoms with Crippen molar-refractivity contribution >= 4 is 17.4 Å². The van der Waals surface area contributed by atoms with Crippen LogP contribution in [0.3, 0.4) is 0 Å². The van der Waals surface area contributed by atoms with Crippen LogP contribution in [0.4, 0.5) is 4.79 Å². The molecule has 0 saturated carbocycles. The van der Waals surface area contributed by atoms with Crippen LogP contribution in [0.5, 0.6) is 0 Å². The van der Waals surface area contributed by atoms with Gasteiger partial charge in [-0.3, -0.25) is 4.90 Å². The molecule has 0 unspecified atom stereocenters. The zero-order valence-electron chi connectivity index (χ0n) is 17.5. The van der Waals surface area contributed by atoms with Crippen LogP contribution in [0.25, 0.3) is 0 Å². The standard InChI is InChI=1S/C25H28N2O3S/c28-24-18-27(25(29)30-19-21-10-5-2-6-11-21)17-23(24)26(16-22-12-7-15-31-22)14-13-20-8-3-1-4-9-20/h1-12,15,23-24,28H,13-14,16-19H2/t23-,24-/m0/s1. The van der Waals surface area contributed by atoms with Crippen molar-refractivity contribution < 1.29 is 14.6 Å². The topological polar surface area (TPSA) is 53.0 Å². The van der Waals surface area contributed by atoms with Crippen LogP contribution < -0.4 is 0 Å². The highest BCUT2D eigenvalue weighted by Crippen LogP contribution is 2.22. The number of β-amino-alcohol motifs (C(OH)–C–C–N with tert-alkyl or cyclic N) is 1. The van der Waals surface area contributed by atoms with Gasteiger partial charge in [0.25, 0.3) is 0 Å². The molecule has 0 aliphatic carbocycles. The van der Waals surface area contributed by atoms with Crippen molar-refractivity contribution in [2.45, 2.75) is 31.7 Å². The van der Waals surface area contributed by atoms with Crippen LogP contribution in [-0.4, -0.2) is 52.8 Å². The normalized spacial score (nSPS) is 18.5. The van der Waals surface area contributed by atoms with Gasteiger partial charge >= 0.3 is 6.09 Å². The number of rotatable bonds is 8. The van der Waals surface area contributed by atoms with E-state index in [9.17, 15) is 9.90 Å². The summed E-state index contributed by atoms with van der Waals surface area (Å²) in [5.74, 6) is 0. The molecule has 1 aliphatic heterocycles. The average molecular weight is 437 g/mol. The van der Waals surface area contributed by atoms with Gasteiger partial charge in [0.2, 0.25) is 0 Å². The van der Waals surface area contributed by atoms with E-state index in [2.05, 4.69) is 28.5 Å². The largest absolute Gasteiger partial charge is 0.445 e. The Hall–Kier alpha value is -2.67. The van der Waals surface area contributed by atoms with Crippen molar-refractivity contribution in [1.82, 2.24) is 9.80 Å². The van der Waals surface area contributed by atoms with Crippen LogP contribution in [0, 0.1) is 0 Å². The first-order valence-corrected chi connectivity index (χ1v) is 11.5. The minimum Gasteiger partial charge on any atom is -0.445 e. The number of carbonyl (C=O) groups excluding carboxylic acids is 1. The molecule has 2 heterocycles. The van der Waals surface area contributed by atoms with Gasteiger partial charge in [0, 0.05) is 24.5 Å². The van der Waals surface area contributed by atoms with Crippen molar-refractivity contribution in [2.75, 3.05) is 19.6 Å². The molecular formula is C25H28N2O3S. The highest BCUT2D eigenvalue weighted by Gasteiger charge is 2.38. The Morgan fingerprint density at radius 3 is 2.39 bits per heavy atom. The number of aliphatic hydroxyl groups is 1. The van der Waals surface area contributed by atoms with E-state index in [-0.39, 0.29) is 18.7 Å². The molecule has 2 aromatic carbocycles. The second-order valence-electron chi connectivity index (χ2n) is 7.87. The Kier molecular flexibility index (Phi) is 7.35. The summed E-state index contributed by atoms with van der Waals surface area (Å²) in [7, 11) is 0. The molecule has 31 heavy (non-hydrogen) atoms. The fourth-order valence-electron chi connectivity index (χ4n) is 3.97. The predicted octanol–water partition coefficient (Wildman–Crippen LogP) is 4.17. The maximum atomic E-state index is 12.6. The molecule has 0 bridgehead atoms. The van der Waals surface area contributed by atoms with Gasteiger partial charge in [0.1, 0.15) is 6.61 Å². The summed E-state index contributed by atoms with van der Waals surface area (Å²) in [6.45, 7) is 2.58. The van der Waals surface area contributed by atoms with Gasteiger partial charge in [-0.05, 0) is 29.0 Å². The van der Waals surface area contributed by atoms with Crippen LogP contribution >= 0.6 is 11.3 Å². The van der Waals surface area contributed by atoms with Crippen molar-refractivity contribution in [3.05, 3.63) is 94.2 Å². The van der Waals surface area contributed by atoms with Gasteiger partial charge in [-0.25, -0.2) is 4.79 Å². The molecule has 1 aromatic heterocycles. The molecule has 6 heteroatoms. The maximum Gasteiger partial charge on any atom is 0.410 e. The average Bonchev–Trinajstić information content (AvgIpc) is 3.46. The first-order valence-electron chi connectivity index (χ1n) is 10.6. The lowest BCUT2D eigenvalue weighted by Gasteiger charge is -2.30. The van der Waals surface area contributed by atoms with E-state index in [0.29, 0.717) is 13.1 Å². The highest BCUT2D eigenvalue weighted by atomic mass is 32.1. The number of hydrogen-bond donors (Lipinski definition) is 1. The summed E-state index contributed by atoms with van der Waals surface area (Å²) < 4.78 is 5.48. The minimum atomic E-state index is -0.597. The number of thiophene rings is 1. The third kappa shape index (κ3) is 5.94. The molecule has 0 radical (unpaired) electrons. The molecule has 1 aliphatic rings. The smallest absolute Gasteiger partial charge is 0.410 e. The highest BCUT2D eigenvalue weighted by molar-refractivity contribution is 7.09. The van der Waals surface area contributed by atoms with E-state index in [1.807, 2.05) is 54.6 Å². The van der Waals surface area contributed by atoms with E-state index in [4.69, 9.17) is 4.74 Å². The molecule has 0 spiro atoms. The summed E-state index contributed by atoms with van der Waals surface area (Å²) in [5, 5.41) is 12.9.